The van der Waals surface area contributed by atoms with Gasteiger partial charge >= 0.3 is 0 Å². The van der Waals surface area contributed by atoms with Gasteiger partial charge in [0.1, 0.15) is 17.7 Å². The molecule has 0 spiro atoms. The normalized spacial score (nSPS) is 17.7. The van der Waals surface area contributed by atoms with E-state index in [1.165, 1.54) is 0 Å². The lowest BCUT2D eigenvalue weighted by molar-refractivity contribution is -0.134. The summed E-state index contributed by atoms with van der Waals surface area (Å²) < 4.78 is 1.04. The lowest BCUT2D eigenvalue weighted by Crippen LogP contribution is -2.45. The molecule has 0 unspecified atom stereocenters. The average molecular weight is 456 g/mol. The minimum Gasteiger partial charge on any atom is -0.360 e. The van der Waals surface area contributed by atoms with Crippen LogP contribution in [0.5, 0.6) is 0 Å². The number of nitrogens with zero attached hydrogens (tertiary/aromatic N) is 2. The predicted molar refractivity (Wildman–Crippen MR) is 118 cm³/mol. The van der Waals surface area contributed by atoms with Gasteiger partial charge in [0.05, 0.1) is 17.9 Å². The molecule has 2 atom stereocenters. The van der Waals surface area contributed by atoms with Gasteiger partial charge in [0, 0.05) is 17.2 Å². The zero-order chi connectivity index (χ0) is 20.4. The first-order valence-corrected chi connectivity index (χ1v) is 10.8. The van der Waals surface area contributed by atoms with Crippen LogP contribution in [-0.2, 0) is 4.79 Å². The molecule has 29 heavy (non-hydrogen) atoms. The van der Waals surface area contributed by atoms with Crippen molar-refractivity contribution in [3.8, 4) is 11.3 Å². The van der Waals surface area contributed by atoms with Crippen molar-refractivity contribution < 1.29 is 4.79 Å². The molecule has 0 saturated carbocycles. The van der Waals surface area contributed by atoms with E-state index in [9.17, 15) is 4.79 Å². The summed E-state index contributed by atoms with van der Waals surface area (Å²) in [4.78, 5) is 26.6. The van der Waals surface area contributed by atoms with Crippen molar-refractivity contribution in [2.75, 3.05) is 11.9 Å². The Bertz CT molecular complexity index is 948. The third-order valence-corrected chi connectivity index (χ3v) is 5.97. The van der Waals surface area contributed by atoms with Crippen molar-refractivity contribution in [3.05, 3.63) is 59.1 Å². The maximum Gasteiger partial charge on any atom is 0.245 e. The fraction of sp³-hybridized carbons (Fsp3) is 0.364. The summed E-state index contributed by atoms with van der Waals surface area (Å²) in [5.41, 5.74) is 2.05. The van der Waals surface area contributed by atoms with E-state index in [0.717, 1.165) is 46.8 Å². The topological polar surface area (TPSA) is 76.8 Å². The number of anilines is 1. The van der Waals surface area contributed by atoms with Gasteiger partial charge in [-0.15, -0.1) is 0 Å². The number of carbonyl (C=O) groups is 1. The molecule has 6 nitrogen and oxygen atoms in total. The van der Waals surface area contributed by atoms with Gasteiger partial charge in [-0.25, -0.2) is 4.98 Å². The zero-order valence-corrected chi connectivity index (χ0v) is 18.2. The van der Waals surface area contributed by atoms with Gasteiger partial charge in [0.2, 0.25) is 5.91 Å². The highest BCUT2D eigenvalue weighted by molar-refractivity contribution is 9.10. The van der Waals surface area contributed by atoms with Crippen LogP contribution in [0.25, 0.3) is 11.3 Å². The number of hydrogen-bond donors (Lipinski definition) is 3. The molecule has 2 aromatic heterocycles. The summed E-state index contributed by atoms with van der Waals surface area (Å²) in [6.07, 6.45) is 5.62. The number of benzene rings is 1. The molecular weight excluding hydrogens is 430 g/mol. The van der Waals surface area contributed by atoms with E-state index in [2.05, 4.69) is 50.0 Å². The van der Waals surface area contributed by atoms with Crippen molar-refractivity contribution in [2.24, 2.45) is 5.92 Å². The Morgan fingerprint density at radius 3 is 2.76 bits per heavy atom. The Hall–Kier alpha value is -2.54. The molecule has 0 aliphatic carbocycles. The largest absolute Gasteiger partial charge is 0.360 e. The van der Waals surface area contributed by atoms with E-state index in [1.54, 1.807) is 0 Å². The van der Waals surface area contributed by atoms with Gasteiger partial charge in [-0.1, -0.05) is 41.9 Å². The van der Waals surface area contributed by atoms with Gasteiger partial charge in [-0.3, -0.25) is 4.79 Å². The Balaban J connectivity index is 1.54. The average Bonchev–Trinajstić information content (AvgIpc) is 3.47. The monoisotopic (exact) mass is 455 g/mol. The van der Waals surface area contributed by atoms with Gasteiger partial charge in [0.15, 0.2) is 0 Å². The van der Waals surface area contributed by atoms with E-state index >= 15 is 0 Å². The van der Waals surface area contributed by atoms with Gasteiger partial charge in [-0.2, -0.15) is 0 Å². The highest BCUT2D eigenvalue weighted by atomic mass is 79.9. The quantitative estimate of drug-likeness (QED) is 0.490. The Labute approximate surface area is 179 Å². The van der Waals surface area contributed by atoms with E-state index < -0.39 is 0 Å². The number of likely N-dealkylation sites (tertiary alicyclic amines) is 1. The van der Waals surface area contributed by atoms with Gasteiger partial charge in [0.25, 0.3) is 0 Å². The maximum absolute atomic E-state index is 13.4. The van der Waals surface area contributed by atoms with Crippen LogP contribution >= 0.6 is 15.9 Å². The fourth-order valence-corrected chi connectivity index (χ4v) is 4.14. The summed E-state index contributed by atoms with van der Waals surface area (Å²) in [7, 11) is 0. The predicted octanol–water partition coefficient (Wildman–Crippen LogP) is 4.97. The molecule has 0 bridgehead atoms. The lowest BCUT2D eigenvalue weighted by Gasteiger charge is -2.30. The van der Waals surface area contributed by atoms with Crippen LogP contribution < -0.4 is 5.32 Å². The molecule has 3 N–H and O–H groups in total. The highest BCUT2D eigenvalue weighted by Crippen LogP contribution is 2.33. The third-order valence-electron chi connectivity index (χ3n) is 5.44. The number of H-pyrrole nitrogens is 2. The first-order valence-electron chi connectivity index (χ1n) is 10.0. The molecule has 7 heteroatoms. The minimum absolute atomic E-state index is 0.0154. The van der Waals surface area contributed by atoms with Crippen molar-refractivity contribution in [2.45, 2.75) is 38.8 Å². The molecule has 1 aliphatic heterocycles. The first kappa shape index (κ1) is 19.8. The smallest absolute Gasteiger partial charge is 0.245 e. The molecule has 1 fully saturated rings. The maximum atomic E-state index is 13.4. The summed E-state index contributed by atoms with van der Waals surface area (Å²) in [5, 5.41) is 3.36. The molecule has 1 aliphatic rings. The van der Waals surface area contributed by atoms with Crippen molar-refractivity contribution >= 4 is 27.7 Å². The van der Waals surface area contributed by atoms with Crippen LogP contribution in [0.4, 0.5) is 5.82 Å². The van der Waals surface area contributed by atoms with Crippen LogP contribution in [0.3, 0.4) is 0 Å². The van der Waals surface area contributed by atoms with Crippen molar-refractivity contribution in [1.82, 2.24) is 19.9 Å². The van der Waals surface area contributed by atoms with Crippen LogP contribution in [0.15, 0.2) is 53.3 Å². The molecule has 1 amide bonds. The number of aromatic nitrogens is 3. The number of aromatic amines is 2. The van der Waals surface area contributed by atoms with Gasteiger partial charge < -0.3 is 20.2 Å². The third kappa shape index (κ3) is 4.24. The number of nitrogens with one attached hydrogen (secondary N) is 3. The molecule has 1 saturated heterocycles. The van der Waals surface area contributed by atoms with E-state index in [-0.39, 0.29) is 23.9 Å². The minimum atomic E-state index is -0.282. The van der Waals surface area contributed by atoms with Gasteiger partial charge in [-0.05, 0) is 48.6 Å². The summed E-state index contributed by atoms with van der Waals surface area (Å²) in [6.45, 7) is 4.90. The molecule has 0 radical (unpaired) electrons. The van der Waals surface area contributed by atoms with Crippen LogP contribution in [-0.4, -0.2) is 38.3 Å². The SMILES string of the molecule is CC(C)[C@H](Nc1ccc[nH]1)C(=O)N1CCC[C@H]1c1ncc(-c2ccc(Br)cc2)[nH]1. The standard InChI is InChI=1S/C22H26BrN5O/c1-14(2)20(27-19-6-3-11-24-19)22(29)28-12-4-5-18(28)21-25-13-17(26-21)15-7-9-16(23)10-8-15/h3,6-11,13-14,18,20,24,27H,4-5,12H2,1-2H3,(H,25,26)/t18-,20-/m0/s1. The van der Waals surface area contributed by atoms with Crippen LogP contribution in [0.1, 0.15) is 38.6 Å². The zero-order valence-electron chi connectivity index (χ0n) is 16.7. The fourth-order valence-electron chi connectivity index (χ4n) is 3.88. The van der Waals surface area contributed by atoms with E-state index in [4.69, 9.17) is 0 Å². The summed E-state index contributed by atoms with van der Waals surface area (Å²) >= 11 is 3.47. The second kappa shape index (κ2) is 8.45. The van der Waals surface area contributed by atoms with Crippen LogP contribution in [0, 0.1) is 5.92 Å². The first-order chi connectivity index (χ1) is 14.0. The number of carbonyl (C=O) groups excluding carboxylic acids is 1. The Morgan fingerprint density at radius 1 is 1.28 bits per heavy atom. The van der Waals surface area contributed by atoms with E-state index in [0.29, 0.717) is 0 Å². The summed E-state index contributed by atoms with van der Waals surface area (Å²) in [6, 6.07) is 11.7. The molecule has 3 aromatic rings. The van der Waals surface area contributed by atoms with Crippen LogP contribution in [0.2, 0.25) is 0 Å². The Kier molecular flexibility index (Phi) is 5.76. The second-order valence-corrected chi connectivity index (χ2v) is 8.74. The Morgan fingerprint density at radius 2 is 2.07 bits per heavy atom. The number of hydrogen-bond acceptors (Lipinski definition) is 3. The number of halogens is 1. The molecule has 3 heterocycles. The number of amides is 1. The highest BCUT2D eigenvalue weighted by Gasteiger charge is 2.36. The summed E-state index contributed by atoms with van der Waals surface area (Å²) in [5.74, 6) is 2.01. The molecule has 1 aromatic carbocycles. The van der Waals surface area contributed by atoms with E-state index in [1.807, 2.05) is 53.7 Å². The second-order valence-electron chi connectivity index (χ2n) is 7.83. The van der Waals surface area contributed by atoms with Crippen molar-refractivity contribution in [1.29, 1.82) is 0 Å². The lowest BCUT2D eigenvalue weighted by atomic mass is 10.0. The molecule has 4 rings (SSSR count). The number of rotatable bonds is 6. The molecular formula is C22H26BrN5O. The van der Waals surface area contributed by atoms with Crippen molar-refractivity contribution in [3.63, 3.8) is 0 Å². The molecule has 152 valence electrons. The number of imidazole rings is 1.